The standard InChI is InChI=1S/C13H21NO/c1-10-5-6-12(7-11(10)2)8-15-9-13(3,4)14/h5-7H,8-9,14H2,1-4H3. The molecule has 0 heterocycles. The molecule has 1 rings (SSSR count). The van der Waals surface area contributed by atoms with Crippen LogP contribution in [0.4, 0.5) is 0 Å². The first kappa shape index (κ1) is 12.2. The van der Waals surface area contributed by atoms with Crippen LogP contribution in [-0.2, 0) is 11.3 Å². The largest absolute Gasteiger partial charge is 0.375 e. The van der Waals surface area contributed by atoms with E-state index >= 15 is 0 Å². The second kappa shape index (κ2) is 4.77. The molecule has 2 nitrogen and oxygen atoms in total. The van der Waals surface area contributed by atoms with E-state index in [9.17, 15) is 0 Å². The lowest BCUT2D eigenvalue weighted by molar-refractivity contribution is 0.0850. The molecule has 0 aliphatic heterocycles. The summed E-state index contributed by atoms with van der Waals surface area (Å²) >= 11 is 0. The van der Waals surface area contributed by atoms with Crippen LogP contribution in [0.3, 0.4) is 0 Å². The number of benzene rings is 1. The highest BCUT2D eigenvalue weighted by Gasteiger charge is 2.10. The molecule has 84 valence electrons. The van der Waals surface area contributed by atoms with Gasteiger partial charge in [0.2, 0.25) is 0 Å². The number of rotatable bonds is 4. The quantitative estimate of drug-likeness (QED) is 0.823. The minimum Gasteiger partial charge on any atom is -0.375 e. The van der Waals surface area contributed by atoms with Gasteiger partial charge in [0.1, 0.15) is 0 Å². The van der Waals surface area contributed by atoms with Gasteiger partial charge in [0.25, 0.3) is 0 Å². The Bertz CT molecular complexity index is 326. The zero-order valence-corrected chi connectivity index (χ0v) is 10.1. The molecule has 1 aromatic carbocycles. The summed E-state index contributed by atoms with van der Waals surface area (Å²) in [4.78, 5) is 0. The van der Waals surface area contributed by atoms with E-state index in [1.54, 1.807) is 0 Å². The van der Waals surface area contributed by atoms with Crippen molar-refractivity contribution in [3.8, 4) is 0 Å². The summed E-state index contributed by atoms with van der Waals surface area (Å²) in [5, 5.41) is 0. The first-order chi connectivity index (χ1) is 6.88. The maximum absolute atomic E-state index is 5.83. The molecule has 0 aromatic heterocycles. The molecule has 15 heavy (non-hydrogen) atoms. The van der Waals surface area contributed by atoms with E-state index in [2.05, 4.69) is 32.0 Å². The minimum absolute atomic E-state index is 0.250. The summed E-state index contributed by atoms with van der Waals surface area (Å²) < 4.78 is 5.55. The zero-order valence-electron chi connectivity index (χ0n) is 10.1. The average molecular weight is 207 g/mol. The summed E-state index contributed by atoms with van der Waals surface area (Å²) in [6.45, 7) is 9.39. The van der Waals surface area contributed by atoms with Crippen LogP contribution in [0.2, 0.25) is 0 Å². The van der Waals surface area contributed by atoms with Crippen LogP contribution in [0.15, 0.2) is 18.2 Å². The van der Waals surface area contributed by atoms with Gasteiger partial charge in [-0.05, 0) is 44.4 Å². The Morgan fingerprint density at radius 2 is 1.87 bits per heavy atom. The number of aryl methyl sites for hydroxylation is 2. The van der Waals surface area contributed by atoms with E-state index in [-0.39, 0.29) is 5.54 Å². The molecule has 0 aliphatic rings. The van der Waals surface area contributed by atoms with Crippen molar-refractivity contribution in [2.45, 2.75) is 39.8 Å². The Labute approximate surface area is 92.4 Å². The molecule has 0 fully saturated rings. The molecule has 0 amide bonds. The summed E-state index contributed by atoms with van der Waals surface area (Å²) in [6, 6.07) is 6.40. The second-order valence-corrected chi connectivity index (χ2v) is 4.90. The van der Waals surface area contributed by atoms with Crippen LogP contribution in [-0.4, -0.2) is 12.1 Å². The predicted molar refractivity (Wildman–Crippen MR) is 63.8 cm³/mol. The lowest BCUT2D eigenvalue weighted by Gasteiger charge is -2.18. The van der Waals surface area contributed by atoms with Crippen LogP contribution in [0.1, 0.15) is 30.5 Å². The lowest BCUT2D eigenvalue weighted by Crippen LogP contribution is -2.37. The van der Waals surface area contributed by atoms with Gasteiger partial charge in [0.05, 0.1) is 13.2 Å². The maximum atomic E-state index is 5.83. The average Bonchev–Trinajstić information content (AvgIpc) is 2.09. The Kier molecular flexibility index (Phi) is 3.89. The fraction of sp³-hybridized carbons (Fsp3) is 0.538. The van der Waals surface area contributed by atoms with Crippen molar-refractivity contribution in [1.29, 1.82) is 0 Å². The third-order valence-electron chi connectivity index (χ3n) is 2.31. The van der Waals surface area contributed by atoms with E-state index in [0.29, 0.717) is 13.2 Å². The van der Waals surface area contributed by atoms with E-state index in [1.807, 2.05) is 13.8 Å². The summed E-state index contributed by atoms with van der Waals surface area (Å²) in [6.07, 6.45) is 0. The molecule has 1 aromatic rings. The molecule has 0 atom stereocenters. The summed E-state index contributed by atoms with van der Waals surface area (Å²) in [7, 11) is 0. The SMILES string of the molecule is Cc1ccc(COCC(C)(C)N)cc1C. The molecule has 0 radical (unpaired) electrons. The highest BCUT2D eigenvalue weighted by atomic mass is 16.5. The second-order valence-electron chi connectivity index (χ2n) is 4.90. The maximum Gasteiger partial charge on any atom is 0.0717 e. The number of nitrogens with two attached hydrogens (primary N) is 1. The Balaban J connectivity index is 2.48. The number of ether oxygens (including phenoxy) is 1. The van der Waals surface area contributed by atoms with Crippen LogP contribution in [0.5, 0.6) is 0 Å². The molecule has 2 N–H and O–H groups in total. The first-order valence-corrected chi connectivity index (χ1v) is 5.31. The minimum atomic E-state index is -0.250. The fourth-order valence-electron chi connectivity index (χ4n) is 1.33. The molecule has 2 heteroatoms. The topological polar surface area (TPSA) is 35.2 Å². The van der Waals surface area contributed by atoms with Crippen molar-refractivity contribution in [2.24, 2.45) is 5.73 Å². The molecule has 0 bridgehead atoms. The number of hydrogen-bond acceptors (Lipinski definition) is 2. The van der Waals surface area contributed by atoms with Crippen molar-refractivity contribution >= 4 is 0 Å². The molecular formula is C13H21NO. The third-order valence-corrected chi connectivity index (χ3v) is 2.31. The van der Waals surface area contributed by atoms with E-state index < -0.39 is 0 Å². The van der Waals surface area contributed by atoms with Crippen LogP contribution >= 0.6 is 0 Å². The van der Waals surface area contributed by atoms with Crippen LogP contribution in [0, 0.1) is 13.8 Å². The highest BCUT2D eigenvalue weighted by Crippen LogP contribution is 2.11. The predicted octanol–water partition coefficient (Wildman–Crippen LogP) is 2.56. The first-order valence-electron chi connectivity index (χ1n) is 5.31. The third kappa shape index (κ3) is 4.45. The van der Waals surface area contributed by atoms with Gasteiger partial charge < -0.3 is 10.5 Å². The molecular weight excluding hydrogens is 186 g/mol. The van der Waals surface area contributed by atoms with Crippen molar-refractivity contribution in [3.63, 3.8) is 0 Å². The smallest absolute Gasteiger partial charge is 0.0717 e. The fourth-order valence-corrected chi connectivity index (χ4v) is 1.33. The van der Waals surface area contributed by atoms with Gasteiger partial charge in [0, 0.05) is 5.54 Å². The summed E-state index contributed by atoms with van der Waals surface area (Å²) in [5.41, 5.74) is 9.41. The van der Waals surface area contributed by atoms with Gasteiger partial charge in [-0.2, -0.15) is 0 Å². The molecule has 0 aliphatic carbocycles. The Morgan fingerprint density at radius 1 is 1.20 bits per heavy atom. The normalized spacial score (nSPS) is 11.8. The van der Waals surface area contributed by atoms with Crippen LogP contribution < -0.4 is 5.73 Å². The van der Waals surface area contributed by atoms with Gasteiger partial charge >= 0.3 is 0 Å². The summed E-state index contributed by atoms with van der Waals surface area (Å²) in [5.74, 6) is 0. The van der Waals surface area contributed by atoms with Crippen molar-refractivity contribution < 1.29 is 4.74 Å². The van der Waals surface area contributed by atoms with Gasteiger partial charge in [-0.3, -0.25) is 0 Å². The highest BCUT2D eigenvalue weighted by molar-refractivity contribution is 5.29. The van der Waals surface area contributed by atoms with E-state index in [1.165, 1.54) is 16.7 Å². The van der Waals surface area contributed by atoms with Gasteiger partial charge in [-0.15, -0.1) is 0 Å². The Morgan fingerprint density at radius 3 is 2.40 bits per heavy atom. The molecule has 0 spiro atoms. The van der Waals surface area contributed by atoms with Crippen LogP contribution in [0.25, 0.3) is 0 Å². The van der Waals surface area contributed by atoms with Gasteiger partial charge in [-0.25, -0.2) is 0 Å². The monoisotopic (exact) mass is 207 g/mol. The van der Waals surface area contributed by atoms with Crippen molar-refractivity contribution in [2.75, 3.05) is 6.61 Å². The van der Waals surface area contributed by atoms with E-state index in [0.717, 1.165) is 0 Å². The number of hydrogen-bond donors (Lipinski definition) is 1. The van der Waals surface area contributed by atoms with Crippen molar-refractivity contribution in [1.82, 2.24) is 0 Å². The molecule has 0 saturated heterocycles. The van der Waals surface area contributed by atoms with E-state index in [4.69, 9.17) is 10.5 Å². The lowest BCUT2D eigenvalue weighted by atomic mass is 10.1. The molecule has 0 saturated carbocycles. The molecule has 0 unspecified atom stereocenters. The van der Waals surface area contributed by atoms with Crippen molar-refractivity contribution in [3.05, 3.63) is 34.9 Å². The zero-order chi connectivity index (χ0) is 11.5. The van der Waals surface area contributed by atoms with Gasteiger partial charge in [0.15, 0.2) is 0 Å². The van der Waals surface area contributed by atoms with Gasteiger partial charge in [-0.1, -0.05) is 18.2 Å². The Hall–Kier alpha value is -0.860.